The number of nitro groups is 1. The first-order chi connectivity index (χ1) is 11.9. The van der Waals surface area contributed by atoms with Crippen molar-refractivity contribution in [2.45, 2.75) is 6.92 Å². The lowest BCUT2D eigenvalue weighted by atomic mass is 10.1. The van der Waals surface area contributed by atoms with Crippen molar-refractivity contribution < 1.29 is 10.0 Å². The van der Waals surface area contributed by atoms with Crippen molar-refractivity contribution in [1.82, 2.24) is 4.98 Å². The van der Waals surface area contributed by atoms with E-state index in [1.807, 2.05) is 30.5 Å². The fraction of sp³-hybridized carbons (Fsp3) is 0.0588. The molecule has 0 N–H and O–H groups in total. The number of benzene rings is 2. The molecule has 0 saturated carbocycles. The second-order valence-corrected chi connectivity index (χ2v) is 6.66. The summed E-state index contributed by atoms with van der Waals surface area (Å²) in [5, 5.41) is 26.0. The number of aryl methyl sites for hydroxylation is 1. The van der Waals surface area contributed by atoms with E-state index in [9.17, 15) is 15.2 Å². The van der Waals surface area contributed by atoms with Crippen LogP contribution in [0.5, 0.6) is 5.75 Å². The highest BCUT2D eigenvalue weighted by Gasteiger charge is 2.11. The molecule has 0 spiro atoms. The Morgan fingerprint density at radius 3 is 2.80 bits per heavy atom. The molecule has 0 radical (unpaired) electrons. The van der Waals surface area contributed by atoms with E-state index in [2.05, 4.69) is 9.98 Å². The molecule has 1 aromatic heterocycles. The van der Waals surface area contributed by atoms with Gasteiger partial charge in [-0.15, -0.1) is 11.3 Å². The van der Waals surface area contributed by atoms with Crippen molar-refractivity contribution in [3.8, 4) is 17.0 Å². The van der Waals surface area contributed by atoms with Crippen molar-refractivity contribution in [1.29, 1.82) is 0 Å². The van der Waals surface area contributed by atoms with Gasteiger partial charge in [-0.25, -0.2) is 4.98 Å². The van der Waals surface area contributed by atoms with E-state index in [0.29, 0.717) is 5.69 Å². The molecule has 0 bridgehead atoms. The third-order valence-electron chi connectivity index (χ3n) is 3.37. The number of aliphatic imine (C=N–C) groups is 1. The number of nitro benzene ring substituents is 1. The molecule has 25 heavy (non-hydrogen) atoms. The largest absolute Gasteiger partial charge is 0.867 e. The molecule has 126 valence electrons. The normalized spacial score (nSPS) is 11.1. The second-order valence-electron chi connectivity index (χ2n) is 5.16. The van der Waals surface area contributed by atoms with Crippen LogP contribution in [-0.2, 0) is 0 Å². The maximum absolute atomic E-state index is 12.1. The first-order valence-electron chi connectivity index (χ1n) is 7.15. The van der Waals surface area contributed by atoms with Gasteiger partial charge in [0.2, 0.25) is 0 Å². The zero-order chi connectivity index (χ0) is 18.0. The Labute approximate surface area is 152 Å². The molecule has 8 heteroatoms. The summed E-state index contributed by atoms with van der Waals surface area (Å²) in [6.45, 7) is 1.93. The number of nitrogens with zero attached hydrogens (tertiary/aromatic N) is 3. The van der Waals surface area contributed by atoms with E-state index in [-0.39, 0.29) is 10.6 Å². The lowest BCUT2D eigenvalue weighted by Gasteiger charge is -2.10. The average molecular weight is 373 g/mol. The summed E-state index contributed by atoms with van der Waals surface area (Å²) in [4.78, 5) is 18.8. The minimum atomic E-state index is -0.753. The molecule has 0 aliphatic heterocycles. The van der Waals surface area contributed by atoms with E-state index in [1.54, 1.807) is 17.4 Å². The van der Waals surface area contributed by atoms with Crippen LogP contribution >= 0.6 is 22.9 Å². The summed E-state index contributed by atoms with van der Waals surface area (Å²) in [5.41, 5.74) is 1.85. The summed E-state index contributed by atoms with van der Waals surface area (Å²) in [6, 6.07) is 9.73. The number of thiazole rings is 1. The Kier molecular flexibility index (Phi) is 4.78. The second kappa shape index (κ2) is 7.00. The summed E-state index contributed by atoms with van der Waals surface area (Å²) in [5.74, 6) is -0.718. The van der Waals surface area contributed by atoms with Crippen molar-refractivity contribution in [2.24, 2.45) is 4.99 Å². The summed E-state index contributed by atoms with van der Waals surface area (Å²) in [7, 11) is 0. The smallest absolute Gasteiger partial charge is 0.263 e. The number of halogens is 1. The van der Waals surface area contributed by atoms with E-state index in [1.165, 1.54) is 12.3 Å². The average Bonchev–Trinajstić information content (AvgIpc) is 3.02. The Hall–Kier alpha value is -2.77. The van der Waals surface area contributed by atoms with Crippen molar-refractivity contribution in [3.63, 3.8) is 0 Å². The molecule has 1 heterocycles. The minimum absolute atomic E-state index is 0.0640. The van der Waals surface area contributed by atoms with Gasteiger partial charge in [0.15, 0.2) is 0 Å². The van der Waals surface area contributed by atoms with Crippen LogP contribution in [0.25, 0.3) is 11.3 Å². The maximum atomic E-state index is 12.1. The van der Waals surface area contributed by atoms with Crippen LogP contribution in [0, 0.1) is 17.0 Å². The van der Waals surface area contributed by atoms with Gasteiger partial charge < -0.3 is 5.11 Å². The van der Waals surface area contributed by atoms with Crippen molar-refractivity contribution in [3.05, 3.63) is 67.5 Å². The first-order valence-corrected chi connectivity index (χ1v) is 8.41. The molecule has 3 rings (SSSR count). The molecule has 0 amide bonds. The van der Waals surface area contributed by atoms with Gasteiger partial charge in [0.25, 0.3) is 5.69 Å². The number of hydrogen-bond donors (Lipinski definition) is 0. The Morgan fingerprint density at radius 2 is 2.12 bits per heavy atom. The minimum Gasteiger partial charge on any atom is -0.867 e. The lowest BCUT2D eigenvalue weighted by Crippen LogP contribution is -2.02. The lowest BCUT2D eigenvalue weighted by molar-refractivity contribution is -0.398. The molecule has 2 aromatic carbocycles. The van der Waals surface area contributed by atoms with Crippen LogP contribution in [0.4, 0.5) is 11.4 Å². The summed E-state index contributed by atoms with van der Waals surface area (Å²) < 4.78 is 0. The van der Waals surface area contributed by atoms with Gasteiger partial charge in [-0.3, -0.25) is 15.1 Å². The SMILES string of the molecule is Cc1nc(-c2cccc(N=Cc3cc(Cl)cc([N+](=O)[O-])c3[O-])c2)cs1. The Morgan fingerprint density at radius 1 is 1.32 bits per heavy atom. The monoisotopic (exact) mass is 372 g/mol. The third kappa shape index (κ3) is 3.84. The number of hydrogen-bond acceptors (Lipinski definition) is 6. The fourth-order valence-corrected chi connectivity index (χ4v) is 3.06. The highest BCUT2D eigenvalue weighted by Crippen LogP contribution is 2.31. The van der Waals surface area contributed by atoms with Crippen molar-refractivity contribution >= 4 is 40.5 Å². The topological polar surface area (TPSA) is 91.5 Å². The zero-order valence-corrected chi connectivity index (χ0v) is 14.5. The van der Waals surface area contributed by atoms with Gasteiger partial charge in [0.05, 0.1) is 21.3 Å². The standard InChI is InChI=1S/C17H12ClN3O3S/c1-10-20-15(9-25-10)11-3-2-4-14(6-11)19-8-12-5-13(18)7-16(17(12)22)21(23)24/h2-9,22H,1H3/p-1. The molecule has 0 aliphatic carbocycles. The van der Waals surface area contributed by atoms with Gasteiger partial charge >= 0.3 is 0 Å². The van der Waals surface area contributed by atoms with Gasteiger partial charge in [0, 0.05) is 28.2 Å². The van der Waals surface area contributed by atoms with Gasteiger partial charge in [-0.1, -0.05) is 23.7 Å². The van der Waals surface area contributed by atoms with Gasteiger partial charge in [0.1, 0.15) is 0 Å². The predicted molar refractivity (Wildman–Crippen MR) is 97.1 cm³/mol. The molecule has 0 saturated heterocycles. The zero-order valence-electron chi connectivity index (χ0n) is 13.0. The fourth-order valence-electron chi connectivity index (χ4n) is 2.22. The number of aromatic nitrogens is 1. The molecule has 0 unspecified atom stereocenters. The molecule has 0 atom stereocenters. The number of rotatable bonds is 4. The van der Waals surface area contributed by atoms with Gasteiger partial charge in [-0.05, 0) is 36.4 Å². The first kappa shape index (κ1) is 17.1. The van der Waals surface area contributed by atoms with Crippen LogP contribution in [0.3, 0.4) is 0 Å². The van der Waals surface area contributed by atoms with Crippen molar-refractivity contribution in [2.75, 3.05) is 0 Å². The Bertz CT molecular complexity index is 985. The molecule has 6 nitrogen and oxygen atoms in total. The predicted octanol–water partition coefficient (Wildman–Crippen LogP) is 4.50. The highest BCUT2D eigenvalue weighted by atomic mass is 35.5. The van der Waals surface area contributed by atoms with E-state index < -0.39 is 16.4 Å². The van der Waals surface area contributed by atoms with Crippen LogP contribution in [0.15, 0.2) is 46.8 Å². The van der Waals surface area contributed by atoms with Crippen LogP contribution in [-0.4, -0.2) is 16.1 Å². The maximum Gasteiger partial charge on any atom is 0.263 e. The van der Waals surface area contributed by atoms with Crippen LogP contribution < -0.4 is 5.11 Å². The van der Waals surface area contributed by atoms with Gasteiger partial charge in [-0.2, -0.15) is 0 Å². The molecule has 0 fully saturated rings. The molecular formula is C17H11ClN3O3S-. The van der Waals surface area contributed by atoms with E-state index >= 15 is 0 Å². The molecule has 3 aromatic rings. The summed E-state index contributed by atoms with van der Waals surface area (Å²) in [6.07, 6.45) is 1.28. The molecular weight excluding hydrogens is 362 g/mol. The highest BCUT2D eigenvalue weighted by molar-refractivity contribution is 7.09. The van der Waals surface area contributed by atoms with E-state index in [4.69, 9.17) is 11.6 Å². The Balaban J connectivity index is 1.94. The van der Waals surface area contributed by atoms with E-state index in [0.717, 1.165) is 22.3 Å². The quantitative estimate of drug-likeness (QED) is 0.383. The summed E-state index contributed by atoms with van der Waals surface area (Å²) >= 11 is 7.40. The third-order valence-corrected chi connectivity index (χ3v) is 4.36. The van der Waals surface area contributed by atoms with Crippen LogP contribution in [0.2, 0.25) is 5.02 Å². The molecule has 0 aliphatic rings. The van der Waals surface area contributed by atoms with Crippen LogP contribution in [0.1, 0.15) is 10.6 Å².